The first-order valence-corrected chi connectivity index (χ1v) is 15.9. The second-order valence-corrected chi connectivity index (χ2v) is 12.0. The van der Waals surface area contributed by atoms with Crippen molar-refractivity contribution in [3.8, 4) is 0 Å². The van der Waals surface area contributed by atoms with Gasteiger partial charge in [-0.25, -0.2) is 0 Å². The molecule has 1 atom stereocenters. The topological polar surface area (TPSA) is 130 Å². The highest BCUT2D eigenvalue weighted by atomic mass is 32.2. The quantitative estimate of drug-likeness (QED) is 0.0570. The minimum absolute atomic E-state index is 0.0527. The molecule has 1 unspecified atom stereocenters. The molecule has 0 saturated heterocycles. The largest absolute Gasteiger partial charge is 0.325 e. The number of nitro benzene ring substituents is 1. The van der Waals surface area contributed by atoms with E-state index < -0.39 is 22.0 Å². The second-order valence-electron chi connectivity index (χ2n) is 10.9. The van der Waals surface area contributed by atoms with Gasteiger partial charge in [-0.1, -0.05) is 72.8 Å². The molecule has 0 aliphatic rings. The van der Waals surface area contributed by atoms with Gasteiger partial charge in [0.1, 0.15) is 10.9 Å². The number of amides is 3. The molecule has 9 nitrogen and oxygen atoms in total. The normalized spacial score (nSPS) is 11.7. The summed E-state index contributed by atoms with van der Waals surface area (Å²) in [5, 5.41) is 19.1. The van der Waals surface area contributed by atoms with Gasteiger partial charge in [-0.2, -0.15) is 0 Å². The first-order valence-electron chi connectivity index (χ1n) is 15.0. The maximum atomic E-state index is 13.6. The minimum Gasteiger partial charge on any atom is -0.325 e. The van der Waals surface area contributed by atoms with Crippen LogP contribution in [0.4, 0.5) is 17.1 Å². The number of rotatable bonds is 11. The Labute approximate surface area is 282 Å². The third-order valence-electron chi connectivity index (χ3n) is 7.40. The van der Waals surface area contributed by atoms with Gasteiger partial charge in [-0.3, -0.25) is 24.5 Å². The van der Waals surface area contributed by atoms with Crippen LogP contribution in [0.2, 0.25) is 0 Å². The summed E-state index contributed by atoms with van der Waals surface area (Å²) in [4.78, 5) is 51.5. The van der Waals surface area contributed by atoms with Crippen LogP contribution in [-0.2, 0) is 9.59 Å². The Kier molecular flexibility index (Phi) is 10.8. The van der Waals surface area contributed by atoms with E-state index in [1.807, 2.05) is 67.6 Å². The Morgan fingerprint density at radius 1 is 0.750 bits per heavy atom. The standard InChI is InChI=1S/C38H32N4O5S/c1-25-11-9-10-16-29(25)24-34(41-36(43)28-14-7-4-8-15-28)37(44)39-30-17-20-32(21-18-30)48-35(27-12-5-3-6-13-27)38(45)40-33-22-19-31(42(46)47)23-26(33)2/h3-24,35H,1-2H3,(H,39,44)(H,40,45)(H,41,43)/b34-24-. The van der Waals surface area contributed by atoms with Crippen molar-refractivity contribution in [1.82, 2.24) is 5.32 Å². The number of hydrogen-bond acceptors (Lipinski definition) is 6. The summed E-state index contributed by atoms with van der Waals surface area (Å²) in [6.45, 7) is 3.63. The van der Waals surface area contributed by atoms with Gasteiger partial charge in [0, 0.05) is 34.0 Å². The number of nitro groups is 1. The van der Waals surface area contributed by atoms with Crippen molar-refractivity contribution < 1.29 is 19.3 Å². The lowest BCUT2D eigenvalue weighted by atomic mass is 10.1. The van der Waals surface area contributed by atoms with Gasteiger partial charge in [0.05, 0.1) is 4.92 Å². The molecule has 0 saturated carbocycles. The molecule has 3 amide bonds. The van der Waals surface area contributed by atoms with Crippen molar-refractivity contribution in [2.75, 3.05) is 10.6 Å². The zero-order chi connectivity index (χ0) is 34.0. The molecule has 0 radical (unpaired) electrons. The lowest BCUT2D eigenvalue weighted by Gasteiger charge is -2.18. The Hall–Kier alpha value is -6.00. The van der Waals surface area contributed by atoms with E-state index in [4.69, 9.17) is 0 Å². The molecule has 48 heavy (non-hydrogen) atoms. The van der Waals surface area contributed by atoms with Crippen LogP contribution in [0.25, 0.3) is 6.08 Å². The SMILES string of the molecule is Cc1ccccc1/C=C(\NC(=O)c1ccccc1)C(=O)Nc1ccc(SC(C(=O)Nc2ccc([N+](=O)[O-])cc2C)c2ccccc2)cc1. The van der Waals surface area contributed by atoms with Crippen LogP contribution in [0.15, 0.2) is 138 Å². The number of carbonyl (C=O) groups is 3. The molecule has 240 valence electrons. The number of benzene rings is 5. The first kappa shape index (κ1) is 33.4. The number of non-ortho nitro benzene ring substituents is 1. The fourth-order valence-corrected chi connectivity index (χ4v) is 5.82. The summed E-state index contributed by atoms with van der Waals surface area (Å²) in [6.07, 6.45) is 1.64. The third-order valence-corrected chi connectivity index (χ3v) is 8.67. The maximum Gasteiger partial charge on any atom is 0.272 e. The Morgan fingerprint density at radius 3 is 2.04 bits per heavy atom. The van der Waals surface area contributed by atoms with Crippen molar-refractivity contribution >= 4 is 52.6 Å². The van der Waals surface area contributed by atoms with Crippen LogP contribution in [-0.4, -0.2) is 22.6 Å². The van der Waals surface area contributed by atoms with Crippen molar-refractivity contribution in [3.05, 3.63) is 171 Å². The highest BCUT2D eigenvalue weighted by molar-refractivity contribution is 8.00. The van der Waals surface area contributed by atoms with Gasteiger partial charge >= 0.3 is 0 Å². The number of nitrogens with zero attached hydrogens (tertiary/aromatic N) is 1. The first-order chi connectivity index (χ1) is 23.2. The molecule has 5 aromatic carbocycles. The number of hydrogen-bond donors (Lipinski definition) is 3. The van der Waals surface area contributed by atoms with Crippen LogP contribution in [0.3, 0.4) is 0 Å². The number of nitrogens with one attached hydrogen (secondary N) is 3. The van der Waals surface area contributed by atoms with Crippen molar-refractivity contribution in [2.45, 2.75) is 24.0 Å². The molecular weight excluding hydrogens is 625 g/mol. The van der Waals surface area contributed by atoms with Gasteiger partial charge in [-0.05, 0) is 84.6 Å². The summed E-state index contributed by atoms with van der Waals surface area (Å²) in [7, 11) is 0. The van der Waals surface area contributed by atoms with E-state index in [9.17, 15) is 24.5 Å². The summed E-state index contributed by atoms with van der Waals surface area (Å²) in [6, 6.07) is 36.9. The summed E-state index contributed by atoms with van der Waals surface area (Å²) in [5.74, 6) is -1.20. The molecule has 0 aliphatic heterocycles. The van der Waals surface area contributed by atoms with E-state index in [2.05, 4.69) is 16.0 Å². The highest BCUT2D eigenvalue weighted by Gasteiger charge is 2.23. The van der Waals surface area contributed by atoms with Crippen molar-refractivity contribution in [1.29, 1.82) is 0 Å². The molecule has 10 heteroatoms. The third kappa shape index (κ3) is 8.62. The molecule has 0 heterocycles. The summed E-state index contributed by atoms with van der Waals surface area (Å²) < 4.78 is 0. The molecule has 0 spiro atoms. The maximum absolute atomic E-state index is 13.6. The average Bonchev–Trinajstić information content (AvgIpc) is 3.10. The molecule has 0 fully saturated rings. The Balaban J connectivity index is 1.33. The molecule has 0 bridgehead atoms. The number of anilines is 2. The van der Waals surface area contributed by atoms with E-state index >= 15 is 0 Å². The molecule has 5 rings (SSSR count). The van der Waals surface area contributed by atoms with Gasteiger partial charge < -0.3 is 16.0 Å². The molecule has 5 aromatic rings. The Bertz CT molecular complexity index is 1980. The smallest absolute Gasteiger partial charge is 0.272 e. The average molecular weight is 657 g/mol. The lowest BCUT2D eigenvalue weighted by Crippen LogP contribution is -2.30. The van der Waals surface area contributed by atoms with E-state index in [0.29, 0.717) is 22.5 Å². The van der Waals surface area contributed by atoms with Crippen LogP contribution in [0.1, 0.15) is 37.9 Å². The molecule has 0 aromatic heterocycles. The fraction of sp³-hybridized carbons (Fsp3) is 0.0789. The van der Waals surface area contributed by atoms with Crippen LogP contribution in [0.5, 0.6) is 0 Å². The van der Waals surface area contributed by atoms with Gasteiger partial charge in [0.15, 0.2) is 0 Å². The van der Waals surface area contributed by atoms with Gasteiger partial charge in [0.25, 0.3) is 17.5 Å². The molecule has 3 N–H and O–H groups in total. The van der Waals surface area contributed by atoms with Gasteiger partial charge in [-0.15, -0.1) is 11.8 Å². The summed E-state index contributed by atoms with van der Waals surface area (Å²) in [5.41, 5.74) is 4.51. The van der Waals surface area contributed by atoms with E-state index in [-0.39, 0.29) is 17.3 Å². The number of thioether (sulfide) groups is 1. The monoisotopic (exact) mass is 656 g/mol. The lowest BCUT2D eigenvalue weighted by molar-refractivity contribution is -0.384. The van der Waals surface area contributed by atoms with Crippen LogP contribution in [0, 0.1) is 24.0 Å². The van der Waals surface area contributed by atoms with Crippen molar-refractivity contribution in [3.63, 3.8) is 0 Å². The van der Waals surface area contributed by atoms with E-state index in [0.717, 1.165) is 21.6 Å². The Morgan fingerprint density at radius 2 is 1.40 bits per heavy atom. The predicted molar refractivity (Wildman–Crippen MR) is 190 cm³/mol. The zero-order valence-electron chi connectivity index (χ0n) is 26.2. The minimum atomic E-state index is -0.641. The fourth-order valence-electron chi connectivity index (χ4n) is 4.80. The van der Waals surface area contributed by atoms with Crippen molar-refractivity contribution in [2.24, 2.45) is 0 Å². The van der Waals surface area contributed by atoms with Gasteiger partial charge in [0.2, 0.25) is 5.91 Å². The van der Waals surface area contributed by atoms with E-state index in [1.165, 1.54) is 30.0 Å². The second kappa shape index (κ2) is 15.5. The predicted octanol–water partition coefficient (Wildman–Crippen LogP) is 8.09. The van der Waals surface area contributed by atoms with E-state index in [1.54, 1.807) is 61.5 Å². The number of carbonyl (C=O) groups excluding carboxylic acids is 3. The van der Waals surface area contributed by atoms with Crippen LogP contribution < -0.4 is 16.0 Å². The zero-order valence-corrected chi connectivity index (χ0v) is 27.0. The van der Waals surface area contributed by atoms with Crippen LogP contribution >= 0.6 is 11.8 Å². The number of aryl methyl sites for hydroxylation is 2. The molecular formula is C38H32N4O5S. The summed E-state index contributed by atoms with van der Waals surface area (Å²) >= 11 is 1.33. The highest BCUT2D eigenvalue weighted by Crippen LogP contribution is 2.37. The molecule has 0 aliphatic carbocycles.